The van der Waals surface area contributed by atoms with Gasteiger partial charge >= 0.3 is 0 Å². The number of hydrogen-bond donors (Lipinski definition) is 2. The molecule has 0 spiro atoms. The lowest BCUT2D eigenvalue weighted by atomic mass is 10.1. The van der Waals surface area contributed by atoms with Gasteiger partial charge in [0, 0.05) is 12.5 Å². The molecule has 0 radical (unpaired) electrons. The van der Waals surface area contributed by atoms with Gasteiger partial charge in [0.1, 0.15) is 11.5 Å². The molecule has 0 aromatic heterocycles. The van der Waals surface area contributed by atoms with E-state index >= 15 is 0 Å². The number of aryl methyl sites for hydroxylation is 1. The summed E-state index contributed by atoms with van der Waals surface area (Å²) in [5.41, 5.74) is 8.30. The molecule has 134 valence electrons. The van der Waals surface area contributed by atoms with E-state index in [1.54, 1.807) is 32.4 Å². The SMILES string of the molecule is COc1ccc(CCCCCC(=O)Nc2cc(OC)ccc2N)cc1. The fourth-order valence-electron chi connectivity index (χ4n) is 2.57. The first kappa shape index (κ1) is 18.6. The van der Waals surface area contributed by atoms with E-state index in [1.165, 1.54) is 5.56 Å². The van der Waals surface area contributed by atoms with E-state index < -0.39 is 0 Å². The molecule has 2 aromatic rings. The van der Waals surface area contributed by atoms with Crippen molar-refractivity contribution in [3.8, 4) is 11.5 Å². The van der Waals surface area contributed by atoms with Crippen LogP contribution in [0.2, 0.25) is 0 Å². The summed E-state index contributed by atoms with van der Waals surface area (Å²) in [5, 5.41) is 2.85. The number of anilines is 2. The molecule has 0 fully saturated rings. The second-order valence-electron chi connectivity index (χ2n) is 5.91. The van der Waals surface area contributed by atoms with E-state index in [9.17, 15) is 4.79 Å². The number of hydrogen-bond acceptors (Lipinski definition) is 4. The second-order valence-corrected chi connectivity index (χ2v) is 5.91. The van der Waals surface area contributed by atoms with Crippen LogP contribution in [0.15, 0.2) is 42.5 Å². The van der Waals surface area contributed by atoms with E-state index in [-0.39, 0.29) is 5.91 Å². The van der Waals surface area contributed by atoms with Gasteiger partial charge in [-0.2, -0.15) is 0 Å². The zero-order chi connectivity index (χ0) is 18.1. The van der Waals surface area contributed by atoms with Crippen molar-refractivity contribution in [2.24, 2.45) is 0 Å². The fourth-order valence-corrected chi connectivity index (χ4v) is 2.57. The Kier molecular flexibility index (Phi) is 7.14. The van der Waals surface area contributed by atoms with Crippen LogP contribution in [0, 0.1) is 0 Å². The van der Waals surface area contributed by atoms with Gasteiger partial charge in [-0.05, 0) is 49.1 Å². The van der Waals surface area contributed by atoms with E-state index in [4.69, 9.17) is 15.2 Å². The third-order valence-corrected chi connectivity index (χ3v) is 4.06. The van der Waals surface area contributed by atoms with E-state index in [2.05, 4.69) is 17.4 Å². The summed E-state index contributed by atoms with van der Waals surface area (Å²) >= 11 is 0. The van der Waals surface area contributed by atoms with Crippen LogP contribution in [0.4, 0.5) is 11.4 Å². The van der Waals surface area contributed by atoms with E-state index in [0.717, 1.165) is 31.4 Å². The zero-order valence-electron chi connectivity index (χ0n) is 14.9. The Morgan fingerprint density at radius 3 is 2.32 bits per heavy atom. The van der Waals surface area contributed by atoms with Crippen molar-refractivity contribution in [2.45, 2.75) is 32.1 Å². The molecule has 0 aliphatic heterocycles. The highest BCUT2D eigenvalue weighted by atomic mass is 16.5. The number of nitrogens with one attached hydrogen (secondary N) is 1. The first-order valence-corrected chi connectivity index (χ1v) is 8.48. The summed E-state index contributed by atoms with van der Waals surface area (Å²) < 4.78 is 10.3. The summed E-state index contributed by atoms with van der Waals surface area (Å²) in [7, 11) is 3.25. The van der Waals surface area contributed by atoms with Crippen molar-refractivity contribution in [3.05, 3.63) is 48.0 Å². The summed E-state index contributed by atoms with van der Waals surface area (Å²) in [6.45, 7) is 0. The van der Waals surface area contributed by atoms with Crippen LogP contribution in [0.25, 0.3) is 0 Å². The lowest BCUT2D eigenvalue weighted by Gasteiger charge is -2.10. The molecule has 0 heterocycles. The molecule has 0 aliphatic rings. The van der Waals surface area contributed by atoms with Crippen LogP contribution in [-0.2, 0) is 11.2 Å². The molecule has 5 heteroatoms. The highest BCUT2D eigenvalue weighted by Gasteiger charge is 2.06. The molecule has 25 heavy (non-hydrogen) atoms. The molecule has 0 saturated carbocycles. The normalized spacial score (nSPS) is 10.3. The van der Waals surface area contributed by atoms with Crippen LogP contribution in [-0.4, -0.2) is 20.1 Å². The Hall–Kier alpha value is -2.69. The molecule has 2 aromatic carbocycles. The van der Waals surface area contributed by atoms with Gasteiger partial charge in [0.25, 0.3) is 0 Å². The number of ether oxygens (including phenoxy) is 2. The third kappa shape index (κ3) is 6.03. The van der Waals surface area contributed by atoms with Gasteiger partial charge in [0.2, 0.25) is 5.91 Å². The minimum absolute atomic E-state index is 0.0237. The van der Waals surface area contributed by atoms with Crippen molar-refractivity contribution >= 4 is 17.3 Å². The van der Waals surface area contributed by atoms with Crippen molar-refractivity contribution in [3.63, 3.8) is 0 Å². The first-order chi connectivity index (χ1) is 12.1. The molecule has 0 saturated heterocycles. The summed E-state index contributed by atoms with van der Waals surface area (Å²) in [6.07, 6.45) is 4.41. The lowest BCUT2D eigenvalue weighted by molar-refractivity contribution is -0.116. The average Bonchev–Trinajstić information content (AvgIpc) is 2.63. The number of carbonyl (C=O) groups is 1. The molecule has 0 aliphatic carbocycles. The second kappa shape index (κ2) is 9.57. The van der Waals surface area contributed by atoms with Gasteiger partial charge < -0.3 is 20.5 Å². The minimum atomic E-state index is -0.0237. The van der Waals surface area contributed by atoms with Gasteiger partial charge in [0.05, 0.1) is 25.6 Å². The van der Waals surface area contributed by atoms with Crippen LogP contribution in [0.1, 0.15) is 31.2 Å². The minimum Gasteiger partial charge on any atom is -0.497 e. The molecule has 3 N–H and O–H groups in total. The van der Waals surface area contributed by atoms with Crippen LogP contribution in [0.3, 0.4) is 0 Å². The number of carbonyl (C=O) groups excluding carboxylic acids is 1. The Morgan fingerprint density at radius 2 is 1.64 bits per heavy atom. The predicted octanol–water partition coefficient (Wildman–Crippen LogP) is 4.03. The highest BCUT2D eigenvalue weighted by molar-refractivity contribution is 5.94. The number of nitrogen functional groups attached to an aromatic ring is 1. The number of methoxy groups -OCH3 is 2. The molecule has 2 rings (SSSR count). The number of amides is 1. The van der Waals surface area contributed by atoms with E-state index in [1.807, 2.05) is 12.1 Å². The monoisotopic (exact) mass is 342 g/mol. The maximum Gasteiger partial charge on any atom is 0.224 e. The predicted molar refractivity (Wildman–Crippen MR) is 101 cm³/mol. The van der Waals surface area contributed by atoms with Gasteiger partial charge in [0.15, 0.2) is 0 Å². The maximum absolute atomic E-state index is 12.0. The van der Waals surface area contributed by atoms with Crippen LogP contribution >= 0.6 is 0 Å². The fraction of sp³-hybridized carbons (Fsp3) is 0.350. The molecule has 0 atom stereocenters. The maximum atomic E-state index is 12.0. The smallest absolute Gasteiger partial charge is 0.224 e. The van der Waals surface area contributed by atoms with Crippen molar-refractivity contribution in [1.82, 2.24) is 0 Å². The number of rotatable bonds is 9. The highest BCUT2D eigenvalue weighted by Crippen LogP contribution is 2.24. The third-order valence-electron chi connectivity index (χ3n) is 4.06. The Bertz CT molecular complexity index is 684. The van der Waals surface area contributed by atoms with Gasteiger partial charge in [-0.15, -0.1) is 0 Å². The average molecular weight is 342 g/mol. The van der Waals surface area contributed by atoms with Crippen LogP contribution in [0.5, 0.6) is 11.5 Å². The standard InChI is InChI=1S/C20H26N2O3/c1-24-16-10-8-15(9-11-16)6-4-3-5-7-20(23)22-19-14-17(25-2)12-13-18(19)21/h8-14H,3-7,21H2,1-2H3,(H,22,23). The van der Waals surface area contributed by atoms with Gasteiger partial charge in [-0.1, -0.05) is 18.6 Å². The summed E-state index contributed by atoms with van der Waals surface area (Å²) in [6, 6.07) is 13.3. The van der Waals surface area contributed by atoms with Gasteiger partial charge in [-0.25, -0.2) is 0 Å². The molecule has 0 unspecified atom stereocenters. The summed E-state index contributed by atoms with van der Waals surface area (Å²) in [5.74, 6) is 1.52. The quantitative estimate of drug-likeness (QED) is 0.533. The molecular weight excluding hydrogens is 316 g/mol. The topological polar surface area (TPSA) is 73.6 Å². The Balaban J connectivity index is 1.68. The number of nitrogens with two attached hydrogens (primary N) is 1. The van der Waals surface area contributed by atoms with Gasteiger partial charge in [-0.3, -0.25) is 4.79 Å². The molecular formula is C20H26N2O3. The van der Waals surface area contributed by atoms with Crippen molar-refractivity contribution < 1.29 is 14.3 Å². The van der Waals surface area contributed by atoms with E-state index in [0.29, 0.717) is 23.5 Å². The summed E-state index contributed by atoms with van der Waals surface area (Å²) in [4.78, 5) is 12.0. The number of unbranched alkanes of at least 4 members (excludes halogenated alkanes) is 2. The molecule has 5 nitrogen and oxygen atoms in total. The number of benzene rings is 2. The lowest BCUT2D eigenvalue weighted by Crippen LogP contribution is -2.12. The van der Waals surface area contributed by atoms with Crippen molar-refractivity contribution in [1.29, 1.82) is 0 Å². The Labute approximate surface area is 149 Å². The molecule has 1 amide bonds. The molecule has 0 bridgehead atoms. The zero-order valence-corrected chi connectivity index (χ0v) is 14.9. The largest absolute Gasteiger partial charge is 0.497 e. The van der Waals surface area contributed by atoms with Crippen molar-refractivity contribution in [2.75, 3.05) is 25.3 Å². The van der Waals surface area contributed by atoms with Crippen LogP contribution < -0.4 is 20.5 Å². The Morgan fingerprint density at radius 1 is 0.960 bits per heavy atom. The first-order valence-electron chi connectivity index (χ1n) is 8.48.